The third-order valence-electron chi connectivity index (χ3n) is 2.51. The van der Waals surface area contributed by atoms with Gasteiger partial charge in [-0.3, -0.25) is 0 Å². The molecular formula is C12H21N3O. The second kappa shape index (κ2) is 5.72. The van der Waals surface area contributed by atoms with Crippen LogP contribution in [0.25, 0.3) is 0 Å². The van der Waals surface area contributed by atoms with Gasteiger partial charge in [0.2, 0.25) is 0 Å². The number of aryl methyl sites for hydroxylation is 2. The van der Waals surface area contributed by atoms with Crippen LogP contribution in [0.2, 0.25) is 0 Å². The summed E-state index contributed by atoms with van der Waals surface area (Å²) in [5.41, 5.74) is 14.6. The molecule has 4 nitrogen and oxygen atoms in total. The molecule has 1 rings (SSSR count). The molecule has 1 unspecified atom stereocenters. The molecule has 0 aliphatic heterocycles. The van der Waals surface area contributed by atoms with Crippen LogP contribution in [0, 0.1) is 13.8 Å². The standard InChI is InChI=1S/C12H21N3O/c1-8-4-9(2)12(11(5-8)16-3)15-7-10(14)6-13/h4-5,10,15H,6-7,13-14H2,1-3H3. The lowest BCUT2D eigenvalue weighted by Crippen LogP contribution is -2.36. The van der Waals surface area contributed by atoms with Gasteiger partial charge in [0.1, 0.15) is 5.75 Å². The van der Waals surface area contributed by atoms with Crippen molar-refractivity contribution in [1.29, 1.82) is 0 Å². The molecular weight excluding hydrogens is 202 g/mol. The molecule has 90 valence electrons. The summed E-state index contributed by atoms with van der Waals surface area (Å²) in [6.07, 6.45) is 0. The highest BCUT2D eigenvalue weighted by Gasteiger charge is 2.08. The van der Waals surface area contributed by atoms with Crippen molar-refractivity contribution in [3.05, 3.63) is 23.3 Å². The fourth-order valence-corrected chi connectivity index (χ4v) is 1.63. The molecule has 0 saturated heterocycles. The minimum atomic E-state index is -0.0367. The number of nitrogens with two attached hydrogens (primary N) is 2. The largest absolute Gasteiger partial charge is 0.495 e. The Bertz CT molecular complexity index is 352. The maximum atomic E-state index is 5.76. The number of ether oxygens (including phenoxy) is 1. The fraction of sp³-hybridized carbons (Fsp3) is 0.500. The predicted octanol–water partition coefficient (Wildman–Crippen LogP) is 1.01. The maximum absolute atomic E-state index is 5.76. The van der Waals surface area contributed by atoms with Crippen molar-refractivity contribution in [2.75, 3.05) is 25.5 Å². The molecule has 0 aliphatic carbocycles. The number of hydrogen-bond donors (Lipinski definition) is 3. The van der Waals surface area contributed by atoms with E-state index in [1.165, 1.54) is 5.56 Å². The molecule has 4 heteroatoms. The van der Waals surface area contributed by atoms with E-state index in [2.05, 4.69) is 11.4 Å². The molecule has 16 heavy (non-hydrogen) atoms. The zero-order chi connectivity index (χ0) is 12.1. The zero-order valence-electron chi connectivity index (χ0n) is 10.2. The highest BCUT2D eigenvalue weighted by atomic mass is 16.5. The maximum Gasteiger partial charge on any atom is 0.142 e. The molecule has 0 spiro atoms. The smallest absolute Gasteiger partial charge is 0.142 e. The van der Waals surface area contributed by atoms with Crippen LogP contribution in [-0.2, 0) is 0 Å². The van der Waals surface area contributed by atoms with Gasteiger partial charge in [0.15, 0.2) is 0 Å². The number of anilines is 1. The first-order valence-electron chi connectivity index (χ1n) is 5.43. The predicted molar refractivity (Wildman–Crippen MR) is 68.0 cm³/mol. The second-order valence-corrected chi connectivity index (χ2v) is 4.04. The first-order valence-corrected chi connectivity index (χ1v) is 5.43. The molecule has 0 aromatic heterocycles. The SMILES string of the molecule is COc1cc(C)cc(C)c1NCC(N)CN. The molecule has 5 N–H and O–H groups in total. The van der Waals surface area contributed by atoms with Gasteiger partial charge in [-0.1, -0.05) is 6.07 Å². The van der Waals surface area contributed by atoms with Gasteiger partial charge >= 0.3 is 0 Å². The number of hydrogen-bond acceptors (Lipinski definition) is 4. The monoisotopic (exact) mass is 223 g/mol. The van der Waals surface area contributed by atoms with Crippen LogP contribution in [-0.4, -0.2) is 26.2 Å². The van der Waals surface area contributed by atoms with E-state index in [-0.39, 0.29) is 6.04 Å². The molecule has 0 saturated carbocycles. The lowest BCUT2D eigenvalue weighted by atomic mass is 10.1. The van der Waals surface area contributed by atoms with Gasteiger partial charge in [0, 0.05) is 19.1 Å². The molecule has 0 fully saturated rings. The Balaban J connectivity index is 2.85. The van der Waals surface area contributed by atoms with E-state index in [9.17, 15) is 0 Å². The van der Waals surface area contributed by atoms with Gasteiger partial charge in [-0.15, -0.1) is 0 Å². The van der Waals surface area contributed by atoms with E-state index in [0.717, 1.165) is 17.0 Å². The second-order valence-electron chi connectivity index (χ2n) is 4.04. The summed E-state index contributed by atoms with van der Waals surface area (Å²) in [7, 11) is 1.67. The quantitative estimate of drug-likeness (QED) is 0.696. The van der Waals surface area contributed by atoms with Crippen molar-refractivity contribution in [3.8, 4) is 5.75 Å². The van der Waals surface area contributed by atoms with Crippen LogP contribution in [0.15, 0.2) is 12.1 Å². The summed E-state index contributed by atoms with van der Waals surface area (Å²) in [6.45, 7) is 5.22. The van der Waals surface area contributed by atoms with E-state index in [1.54, 1.807) is 7.11 Å². The van der Waals surface area contributed by atoms with Crippen LogP contribution in [0.5, 0.6) is 5.75 Å². The number of nitrogens with one attached hydrogen (secondary N) is 1. The summed E-state index contributed by atoms with van der Waals surface area (Å²) in [5.74, 6) is 0.849. The van der Waals surface area contributed by atoms with Crippen LogP contribution in [0.4, 0.5) is 5.69 Å². The Kier molecular flexibility index (Phi) is 4.58. The molecule has 1 aromatic carbocycles. The number of methoxy groups -OCH3 is 1. The van der Waals surface area contributed by atoms with E-state index in [0.29, 0.717) is 13.1 Å². The van der Waals surface area contributed by atoms with Gasteiger partial charge in [-0.2, -0.15) is 0 Å². The summed E-state index contributed by atoms with van der Waals surface area (Å²) < 4.78 is 5.34. The lowest BCUT2D eigenvalue weighted by molar-refractivity contribution is 0.415. The fourth-order valence-electron chi connectivity index (χ4n) is 1.63. The zero-order valence-corrected chi connectivity index (χ0v) is 10.2. The van der Waals surface area contributed by atoms with E-state index in [4.69, 9.17) is 16.2 Å². The van der Waals surface area contributed by atoms with Crippen LogP contribution < -0.4 is 21.5 Å². The summed E-state index contributed by atoms with van der Waals surface area (Å²) >= 11 is 0. The average molecular weight is 223 g/mol. The van der Waals surface area contributed by atoms with Crippen LogP contribution >= 0.6 is 0 Å². The highest BCUT2D eigenvalue weighted by molar-refractivity contribution is 5.63. The van der Waals surface area contributed by atoms with Gasteiger partial charge in [0.05, 0.1) is 12.8 Å². The molecule has 0 amide bonds. The summed E-state index contributed by atoms with van der Waals surface area (Å²) in [5, 5.41) is 3.28. The minimum Gasteiger partial charge on any atom is -0.495 e. The Morgan fingerprint density at radius 3 is 2.62 bits per heavy atom. The van der Waals surface area contributed by atoms with Gasteiger partial charge < -0.3 is 21.5 Å². The van der Waals surface area contributed by atoms with Crippen LogP contribution in [0.1, 0.15) is 11.1 Å². The minimum absolute atomic E-state index is 0.0367. The van der Waals surface area contributed by atoms with Gasteiger partial charge in [-0.25, -0.2) is 0 Å². The summed E-state index contributed by atoms with van der Waals surface area (Å²) in [4.78, 5) is 0. The van der Waals surface area contributed by atoms with Crippen molar-refractivity contribution in [3.63, 3.8) is 0 Å². The van der Waals surface area contributed by atoms with Crippen molar-refractivity contribution in [2.45, 2.75) is 19.9 Å². The molecule has 0 heterocycles. The normalized spacial score (nSPS) is 12.3. The first-order chi connectivity index (χ1) is 7.58. The Hall–Kier alpha value is -1.26. The third kappa shape index (κ3) is 3.12. The summed E-state index contributed by atoms with van der Waals surface area (Å²) in [6, 6.07) is 4.08. The van der Waals surface area contributed by atoms with Crippen molar-refractivity contribution in [2.24, 2.45) is 11.5 Å². The Labute approximate surface area is 97.0 Å². The Morgan fingerprint density at radius 1 is 1.38 bits per heavy atom. The molecule has 0 aliphatic rings. The molecule has 1 atom stereocenters. The van der Waals surface area contributed by atoms with Crippen molar-refractivity contribution in [1.82, 2.24) is 0 Å². The van der Waals surface area contributed by atoms with E-state index in [1.807, 2.05) is 19.9 Å². The van der Waals surface area contributed by atoms with E-state index < -0.39 is 0 Å². The molecule has 0 radical (unpaired) electrons. The highest BCUT2D eigenvalue weighted by Crippen LogP contribution is 2.29. The van der Waals surface area contributed by atoms with Crippen molar-refractivity contribution >= 4 is 5.69 Å². The lowest BCUT2D eigenvalue weighted by Gasteiger charge is -2.17. The average Bonchev–Trinajstić information content (AvgIpc) is 2.26. The van der Waals surface area contributed by atoms with Gasteiger partial charge in [0.25, 0.3) is 0 Å². The van der Waals surface area contributed by atoms with E-state index >= 15 is 0 Å². The third-order valence-corrected chi connectivity index (χ3v) is 2.51. The number of benzene rings is 1. The Morgan fingerprint density at radius 2 is 2.06 bits per heavy atom. The first kappa shape index (κ1) is 12.8. The van der Waals surface area contributed by atoms with Crippen molar-refractivity contribution < 1.29 is 4.74 Å². The molecule has 0 bridgehead atoms. The van der Waals surface area contributed by atoms with Crippen LogP contribution in [0.3, 0.4) is 0 Å². The topological polar surface area (TPSA) is 73.3 Å². The van der Waals surface area contributed by atoms with Gasteiger partial charge in [-0.05, 0) is 31.0 Å². The number of rotatable bonds is 5. The molecule has 1 aromatic rings.